The van der Waals surface area contributed by atoms with Gasteiger partial charge in [0.15, 0.2) is 5.17 Å². The van der Waals surface area contributed by atoms with E-state index in [1.54, 1.807) is 17.8 Å². The van der Waals surface area contributed by atoms with Crippen molar-refractivity contribution in [1.29, 1.82) is 0 Å². The minimum absolute atomic E-state index is 0.242. The maximum atomic E-state index is 12.1. The average molecular weight is 276 g/mol. The quantitative estimate of drug-likeness (QED) is 0.897. The van der Waals surface area contributed by atoms with Crippen molar-refractivity contribution in [3.63, 3.8) is 0 Å². The van der Waals surface area contributed by atoms with Crippen molar-refractivity contribution in [2.24, 2.45) is 4.99 Å². The SMILES string of the molecule is FC(F)(F)Oc1cccc(NC2=NCCCS2)c1. The largest absolute Gasteiger partial charge is 0.573 e. The van der Waals surface area contributed by atoms with Gasteiger partial charge in [0.05, 0.1) is 0 Å². The number of hydrogen-bond acceptors (Lipinski definition) is 4. The van der Waals surface area contributed by atoms with Gasteiger partial charge >= 0.3 is 6.36 Å². The Bertz CT molecular complexity index is 448. The molecule has 1 aromatic carbocycles. The first-order valence-electron chi connectivity index (χ1n) is 5.33. The van der Waals surface area contributed by atoms with Crippen molar-refractivity contribution in [1.82, 2.24) is 0 Å². The first-order chi connectivity index (χ1) is 8.53. The summed E-state index contributed by atoms with van der Waals surface area (Å²) in [7, 11) is 0. The number of nitrogens with one attached hydrogen (secondary N) is 1. The van der Waals surface area contributed by atoms with Gasteiger partial charge in [-0.15, -0.1) is 13.2 Å². The van der Waals surface area contributed by atoms with Crippen LogP contribution in [-0.2, 0) is 0 Å². The number of benzene rings is 1. The van der Waals surface area contributed by atoms with Crippen molar-refractivity contribution < 1.29 is 17.9 Å². The molecule has 0 atom stereocenters. The molecule has 0 saturated carbocycles. The Morgan fingerprint density at radius 1 is 1.33 bits per heavy atom. The highest BCUT2D eigenvalue weighted by Crippen LogP contribution is 2.25. The van der Waals surface area contributed by atoms with Gasteiger partial charge in [-0.25, -0.2) is 0 Å². The van der Waals surface area contributed by atoms with Crippen molar-refractivity contribution in [2.75, 3.05) is 17.6 Å². The zero-order chi connectivity index (χ0) is 13.0. The Morgan fingerprint density at radius 3 is 2.83 bits per heavy atom. The summed E-state index contributed by atoms with van der Waals surface area (Å²) in [6.07, 6.45) is -3.65. The maximum absolute atomic E-state index is 12.1. The van der Waals surface area contributed by atoms with Gasteiger partial charge in [0, 0.05) is 24.1 Å². The first kappa shape index (κ1) is 13.1. The highest BCUT2D eigenvalue weighted by Gasteiger charge is 2.31. The van der Waals surface area contributed by atoms with E-state index >= 15 is 0 Å². The van der Waals surface area contributed by atoms with Crippen molar-refractivity contribution in [2.45, 2.75) is 12.8 Å². The van der Waals surface area contributed by atoms with Crippen LogP contribution in [0.15, 0.2) is 29.3 Å². The third kappa shape index (κ3) is 4.14. The number of hydrogen-bond donors (Lipinski definition) is 1. The molecule has 7 heteroatoms. The second-order valence-corrected chi connectivity index (χ2v) is 4.67. The predicted molar refractivity (Wildman–Crippen MR) is 66.1 cm³/mol. The first-order valence-corrected chi connectivity index (χ1v) is 6.31. The Balaban J connectivity index is 2.05. The summed E-state index contributed by atoms with van der Waals surface area (Å²) in [6, 6.07) is 5.72. The predicted octanol–water partition coefficient (Wildman–Crippen LogP) is 3.49. The number of amidine groups is 1. The molecule has 0 radical (unpaired) electrons. The number of nitrogens with zero attached hydrogens (tertiary/aromatic N) is 1. The Kier molecular flexibility index (Phi) is 4.00. The third-order valence-corrected chi connectivity index (χ3v) is 3.11. The van der Waals surface area contributed by atoms with Gasteiger partial charge in [-0.2, -0.15) is 0 Å². The lowest BCUT2D eigenvalue weighted by molar-refractivity contribution is -0.274. The van der Waals surface area contributed by atoms with Crippen LogP contribution in [0.4, 0.5) is 18.9 Å². The van der Waals surface area contributed by atoms with Gasteiger partial charge in [0.2, 0.25) is 0 Å². The monoisotopic (exact) mass is 276 g/mol. The molecule has 1 aliphatic rings. The molecule has 1 N–H and O–H groups in total. The number of ether oxygens (including phenoxy) is 1. The molecule has 0 unspecified atom stereocenters. The van der Waals surface area contributed by atoms with Crippen LogP contribution < -0.4 is 10.1 Å². The lowest BCUT2D eigenvalue weighted by atomic mass is 10.3. The molecule has 0 amide bonds. The average Bonchev–Trinajstić information content (AvgIpc) is 2.28. The molecule has 18 heavy (non-hydrogen) atoms. The molecule has 0 spiro atoms. The van der Waals surface area contributed by atoms with Crippen LogP contribution in [0, 0.1) is 0 Å². The van der Waals surface area contributed by atoms with Gasteiger partial charge in [0.1, 0.15) is 5.75 Å². The summed E-state index contributed by atoms with van der Waals surface area (Å²) >= 11 is 1.55. The lowest BCUT2D eigenvalue weighted by Gasteiger charge is -2.14. The maximum Gasteiger partial charge on any atom is 0.573 e. The van der Waals surface area contributed by atoms with Gasteiger partial charge in [-0.3, -0.25) is 4.99 Å². The fourth-order valence-electron chi connectivity index (χ4n) is 1.43. The van der Waals surface area contributed by atoms with Crippen LogP contribution >= 0.6 is 11.8 Å². The molecule has 1 aromatic rings. The highest BCUT2D eigenvalue weighted by atomic mass is 32.2. The fraction of sp³-hybridized carbons (Fsp3) is 0.364. The highest BCUT2D eigenvalue weighted by molar-refractivity contribution is 8.14. The van der Waals surface area contributed by atoms with E-state index in [9.17, 15) is 13.2 Å². The van der Waals surface area contributed by atoms with Crippen LogP contribution in [0.1, 0.15) is 6.42 Å². The number of anilines is 1. The fourth-order valence-corrected chi connectivity index (χ4v) is 2.27. The lowest BCUT2D eigenvalue weighted by Crippen LogP contribution is -2.17. The summed E-state index contributed by atoms with van der Waals surface area (Å²) in [5.41, 5.74) is 0.532. The molecule has 2 rings (SSSR count). The number of thioether (sulfide) groups is 1. The van der Waals surface area contributed by atoms with E-state index in [2.05, 4.69) is 15.0 Å². The van der Waals surface area contributed by atoms with Gasteiger partial charge in [-0.05, 0) is 18.6 Å². The molecular weight excluding hydrogens is 265 g/mol. The van der Waals surface area contributed by atoms with E-state index in [0.29, 0.717) is 5.69 Å². The van der Waals surface area contributed by atoms with E-state index in [-0.39, 0.29) is 5.75 Å². The van der Waals surface area contributed by atoms with Gasteiger partial charge in [-0.1, -0.05) is 17.8 Å². The van der Waals surface area contributed by atoms with E-state index in [4.69, 9.17) is 0 Å². The standard InChI is InChI=1S/C11H11F3N2OS/c12-11(13,14)17-9-4-1-3-8(7-9)16-10-15-5-2-6-18-10/h1,3-4,7H,2,5-6H2,(H,15,16). The van der Waals surface area contributed by atoms with Crippen LogP contribution in [-0.4, -0.2) is 23.8 Å². The zero-order valence-electron chi connectivity index (χ0n) is 9.33. The van der Waals surface area contributed by atoms with E-state index in [0.717, 1.165) is 23.9 Å². The van der Waals surface area contributed by atoms with Crippen LogP contribution in [0.5, 0.6) is 5.75 Å². The van der Waals surface area contributed by atoms with Gasteiger partial charge in [0.25, 0.3) is 0 Å². The normalized spacial score (nSPS) is 16.1. The van der Waals surface area contributed by atoms with E-state index in [1.807, 2.05) is 0 Å². The molecule has 0 saturated heterocycles. The summed E-state index contributed by atoms with van der Waals surface area (Å²) in [5.74, 6) is 0.721. The van der Waals surface area contributed by atoms with Crippen LogP contribution in [0.2, 0.25) is 0 Å². The van der Waals surface area contributed by atoms with Crippen molar-refractivity contribution in [3.05, 3.63) is 24.3 Å². The summed E-state index contributed by atoms with van der Waals surface area (Å²) in [4.78, 5) is 4.23. The zero-order valence-corrected chi connectivity index (χ0v) is 10.1. The van der Waals surface area contributed by atoms with Crippen molar-refractivity contribution >= 4 is 22.6 Å². The molecular formula is C11H11F3N2OS. The Labute approximate surface area is 106 Å². The molecule has 1 heterocycles. The number of aliphatic imine (C=N–C) groups is 1. The summed E-state index contributed by atoms with van der Waals surface area (Å²) in [6.45, 7) is 0.744. The van der Waals surface area contributed by atoms with Crippen LogP contribution in [0.25, 0.3) is 0 Å². The van der Waals surface area contributed by atoms with Gasteiger partial charge < -0.3 is 10.1 Å². The molecule has 0 bridgehead atoms. The third-order valence-electron chi connectivity index (χ3n) is 2.12. The Hall–Kier alpha value is -1.37. The smallest absolute Gasteiger partial charge is 0.406 e. The number of rotatable bonds is 2. The topological polar surface area (TPSA) is 33.6 Å². The minimum atomic E-state index is -4.67. The van der Waals surface area contributed by atoms with Crippen LogP contribution in [0.3, 0.4) is 0 Å². The summed E-state index contributed by atoms with van der Waals surface area (Å²) in [5, 5.41) is 3.70. The second-order valence-electron chi connectivity index (χ2n) is 3.59. The van der Waals surface area contributed by atoms with E-state index < -0.39 is 6.36 Å². The second kappa shape index (κ2) is 5.51. The number of halogens is 3. The molecule has 0 fully saturated rings. The summed E-state index contributed by atoms with van der Waals surface area (Å²) < 4.78 is 40.0. The molecule has 0 aliphatic carbocycles. The minimum Gasteiger partial charge on any atom is -0.406 e. The van der Waals surface area contributed by atoms with Crippen molar-refractivity contribution in [3.8, 4) is 5.75 Å². The number of alkyl halides is 3. The van der Waals surface area contributed by atoms with E-state index in [1.165, 1.54) is 18.2 Å². The Morgan fingerprint density at radius 2 is 2.17 bits per heavy atom. The molecule has 3 nitrogen and oxygen atoms in total. The molecule has 1 aliphatic heterocycles. The molecule has 0 aromatic heterocycles. The molecule has 98 valence electrons.